The number of nitrogens with one attached hydrogen (secondary N) is 2. The van der Waals surface area contributed by atoms with Crippen molar-refractivity contribution >= 4 is 34.2 Å². The first-order chi connectivity index (χ1) is 15.1. The van der Waals surface area contributed by atoms with Gasteiger partial charge in [0.2, 0.25) is 5.91 Å². The van der Waals surface area contributed by atoms with Gasteiger partial charge in [0.15, 0.2) is 5.13 Å². The Balaban J connectivity index is 1.23. The maximum atomic E-state index is 12.4. The molecule has 0 unspecified atom stereocenters. The Bertz CT molecular complexity index is 1040. The Kier molecular flexibility index (Phi) is 6.42. The van der Waals surface area contributed by atoms with Crippen molar-refractivity contribution in [3.05, 3.63) is 71.1 Å². The summed E-state index contributed by atoms with van der Waals surface area (Å²) in [4.78, 5) is 43.1. The summed E-state index contributed by atoms with van der Waals surface area (Å²) in [6.45, 7) is 1.17. The molecule has 2 aromatic heterocycles. The summed E-state index contributed by atoms with van der Waals surface area (Å²) in [5, 5.41) is 8.00. The number of carbonyl (C=O) groups excluding carboxylic acids is 3. The Hall–Kier alpha value is -3.46. The van der Waals surface area contributed by atoms with Gasteiger partial charge in [-0.25, -0.2) is 4.98 Å². The fourth-order valence-corrected chi connectivity index (χ4v) is 4.15. The van der Waals surface area contributed by atoms with Gasteiger partial charge in [-0.2, -0.15) is 0 Å². The fraction of sp³-hybridized carbons (Fsp3) is 0.273. The largest absolute Gasteiger partial charge is 0.472 e. The number of hydrogen-bond acceptors (Lipinski definition) is 6. The van der Waals surface area contributed by atoms with E-state index in [2.05, 4.69) is 15.6 Å². The number of benzene rings is 1. The molecular formula is C22H22N4O4S. The number of carbonyl (C=O) groups is 3. The first-order valence-electron chi connectivity index (χ1n) is 10.00. The molecule has 0 spiro atoms. The van der Waals surface area contributed by atoms with E-state index in [1.165, 1.54) is 23.9 Å². The normalized spacial score (nSPS) is 14.3. The molecule has 3 amide bonds. The van der Waals surface area contributed by atoms with Crippen molar-refractivity contribution in [3.63, 3.8) is 0 Å². The van der Waals surface area contributed by atoms with Crippen LogP contribution in [0.15, 0.2) is 58.7 Å². The molecule has 1 aromatic carbocycles. The first-order valence-corrected chi connectivity index (χ1v) is 10.9. The third kappa shape index (κ3) is 5.37. The molecule has 160 valence electrons. The lowest BCUT2D eigenvalue weighted by Crippen LogP contribution is -2.46. The number of thiazole rings is 1. The van der Waals surface area contributed by atoms with Crippen molar-refractivity contribution in [3.8, 4) is 0 Å². The van der Waals surface area contributed by atoms with Crippen LogP contribution in [-0.2, 0) is 11.2 Å². The average molecular weight is 439 g/mol. The van der Waals surface area contributed by atoms with Crippen LogP contribution in [0.25, 0.3) is 0 Å². The lowest BCUT2D eigenvalue weighted by Gasteiger charge is -2.32. The highest BCUT2D eigenvalue weighted by atomic mass is 32.1. The van der Waals surface area contributed by atoms with Crippen LogP contribution in [0.4, 0.5) is 5.13 Å². The molecule has 0 saturated carbocycles. The van der Waals surface area contributed by atoms with Crippen LogP contribution in [0, 0.1) is 0 Å². The van der Waals surface area contributed by atoms with Crippen molar-refractivity contribution in [1.82, 2.24) is 15.2 Å². The molecule has 31 heavy (non-hydrogen) atoms. The minimum atomic E-state index is -0.234. The Morgan fingerprint density at radius 2 is 1.87 bits per heavy atom. The molecule has 0 aliphatic carbocycles. The van der Waals surface area contributed by atoms with Gasteiger partial charge in [-0.1, -0.05) is 18.2 Å². The zero-order valence-electron chi connectivity index (χ0n) is 16.7. The van der Waals surface area contributed by atoms with Crippen LogP contribution in [0.5, 0.6) is 0 Å². The van der Waals surface area contributed by atoms with E-state index < -0.39 is 0 Å². The van der Waals surface area contributed by atoms with E-state index in [-0.39, 0.29) is 30.2 Å². The molecule has 0 radical (unpaired) electrons. The highest BCUT2D eigenvalue weighted by Crippen LogP contribution is 2.18. The summed E-state index contributed by atoms with van der Waals surface area (Å²) in [5.41, 5.74) is 1.70. The molecule has 9 heteroatoms. The highest BCUT2D eigenvalue weighted by Gasteiger charge is 2.25. The molecule has 0 bridgehead atoms. The highest BCUT2D eigenvalue weighted by molar-refractivity contribution is 7.14. The van der Waals surface area contributed by atoms with E-state index >= 15 is 0 Å². The predicted molar refractivity (Wildman–Crippen MR) is 116 cm³/mol. The number of rotatable bonds is 6. The second-order valence-corrected chi connectivity index (χ2v) is 8.15. The molecule has 4 rings (SSSR count). The third-order valence-electron chi connectivity index (χ3n) is 5.07. The zero-order valence-corrected chi connectivity index (χ0v) is 17.6. The summed E-state index contributed by atoms with van der Waals surface area (Å²) in [7, 11) is 0. The summed E-state index contributed by atoms with van der Waals surface area (Å²) >= 11 is 1.29. The number of nitrogens with zero attached hydrogens (tertiary/aromatic N) is 2. The standard InChI is InChI=1S/C22H22N4O4S/c27-19(23-17-6-9-26(10-7-17)21(29)16-8-11-30-13-16)12-18-14-31-22(24-18)25-20(28)15-4-2-1-3-5-15/h1-5,8,11,13-14,17H,6-7,9-10,12H2,(H,23,27)(H,24,25,28). The third-order valence-corrected chi connectivity index (χ3v) is 5.87. The maximum Gasteiger partial charge on any atom is 0.257 e. The number of piperidine rings is 1. The van der Waals surface area contributed by atoms with Gasteiger partial charge in [0.1, 0.15) is 6.26 Å². The van der Waals surface area contributed by atoms with Crippen molar-refractivity contribution < 1.29 is 18.8 Å². The van der Waals surface area contributed by atoms with E-state index in [0.717, 1.165) is 0 Å². The van der Waals surface area contributed by atoms with Gasteiger partial charge in [0, 0.05) is 30.1 Å². The molecule has 3 heterocycles. The number of likely N-dealkylation sites (tertiary alicyclic amines) is 1. The van der Waals surface area contributed by atoms with Crippen LogP contribution in [-0.4, -0.2) is 46.7 Å². The minimum absolute atomic E-state index is 0.0248. The lowest BCUT2D eigenvalue weighted by molar-refractivity contribution is -0.121. The van der Waals surface area contributed by atoms with E-state index in [4.69, 9.17) is 4.42 Å². The Morgan fingerprint density at radius 1 is 1.10 bits per heavy atom. The Morgan fingerprint density at radius 3 is 2.58 bits per heavy atom. The molecule has 1 saturated heterocycles. The van der Waals surface area contributed by atoms with Gasteiger partial charge >= 0.3 is 0 Å². The summed E-state index contributed by atoms with van der Waals surface area (Å²) in [6, 6.07) is 10.6. The SMILES string of the molecule is O=C(Cc1csc(NC(=O)c2ccccc2)n1)NC1CCN(C(=O)c2ccoc2)CC1. The predicted octanol–water partition coefficient (Wildman–Crippen LogP) is 2.95. The van der Waals surface area contributed by atoms with E-state index in [1.54, 1.807) is 40.6 Å². The molecule has 3 aromatic rings. The summed E-state index contributed by atoms with van der Waals surface area (Å²) in [5.74, 6) is -0.403. The van der Waals surface area contributed by atoms with Crippen molar-refractivity contribution in [1.29, 1.82) is 0 Å². The van der Waals surface area contributed by atoms with Crippen molar-refractivity contribution in [2.75, 3.05) is 18.4 Å². The van der Waals surface area contributed by atoms with E-state index in [0.29, 0.717) is 47.9 Å². The van der Waals surface area contributed by atoms with Crippen LogP contribution < -0.4 is 10.6 Å². The lowest BCUT2D eigenvalue weighted by atomic mass is 10.0. The minimum Gasteiger partial charge on any atom is -0.472 e. The topological polar surface area (TPSA) is 105 Å². The summed E-state index contributed by atoms with van der Waals surface area (Å²) in [6.07, 6.45) is 4.47. The quantitative estimate of drug-likeness (QED) is 0.616. The molecule has 1 aliphatic rings. The van der Waals surface area contributed by atoms with Gasteiger partial charge in [-0.3, -0.25) is 19.7 Å². The maximum absolute atomic E-state index is 12.4. The van der Waals surface area contributed by atoms with E-state index in [9.17, 15) is 14.4 Å². The fourth-order valence-electron chi connectivity index (χ4n) is 3.44. The number of aromatic nitrogens is 1. The molecule has 2 N–H and O–H groups in total. The van der Waals surface area contributed by atoms with Crippen molar-refractivity contribution in [2.45, 2.75) is 25.3 Å². The van der Waals surface area contributed by atoms with Crippen LogP contribution in [0.3, 0.4) is 0 Å². The second kappa shape index (κ2) is 9.57. The van der Waals surface area contributed by atoms with Crippen LogP contribution in [0.1, 0.15) is 39.3 Å². The average Bonchev–Trinajstić information content (AvgIpc) is 3.47. The monoisotopic (exact) mass is 438 g/mol. The van der Waals surface area contributed by atoms with Gasteiger partial charge in [0.25, 0.3) is 11.8 Å². The number of anilines is 1. The molecular weight excluding hydrogens is 416 g/mol. The second-order valence-electron chi connectivity index (χ2n) is 7.29. The first kappa shape index (κ1) is 20.8. The van der Waals surface area contributed by atoms with Crippen LogP contribution in [0.2, 0.25) is 0 Å². The van der Waals surface area contributed by atoms with Crippen LogP contribution >= 0.6 is 11.3 Å². The van der Waals surface area contributed by atoms with E-state index in [1.807, 2.05) is 6.07 Å². The Labute approximate surface area is 183 Å². The number of furan rings is 1. The van der Waals surface area contributed by atoms with Gasteiger partial charge in [-0.05, 0) is 31.0 Å². The molecule has 8 nitrogen and oxygen atoms in total. The molecule has 1 fully saturated rings. The number of amides is 3. The smallest absolute Gasteiger partial charge is 0.257 e. The van der Waals surface area contributed by atoms with Gasteiger partial charge < -0.3 is 14.6 Å². The molecule has 0 atom stereocenters. The zero-order chi connectivity index (χ0) is 21.6. The number of hydrogen-bond donors (Lipinski definition) is 2. The van der Waals surface area contributed by atoms with Gasteiger partial charge in [0.05, 0.1) is 23.9 Å². The van der Waals surface area contributed by atoms with Crippen molar-refractivity contribution in [2.24, 2.45) is 0 Å². The summed E-state index contributed by atoms with van der Waals surface area (Å²) < 4.78 is 4.97. The molecule has 1 aliphatic heterocycles. The van der Waals surface area contributed by atoms with Gasteiger partial charge in [-0.15, -0.1) is 11.3 Å².